The number of carbonyl (C=O) groups is 7. The molecule has 0 spiro atoms. The predicted octanol–water partition coefficient (Wildman–Crippen LogP) is -9.03. The Morgan fingerprint density at radius 1 is 0.560 bits per heavy atom. The number of aliphatic hydroxyl groups is 1. The molecule has 7 amide bonds. The van der Waals surface area contributed by atoms with Gasteiger partial charge in [-0.05, 0) is 21.9 Å². The number of nitrogens with zero attached hydrogens (tertiary/aromatic N) is 9. The van der Waals surface area contributed by atoms with Crippen molar-refractivity contribution in [1.29, 1.82) is 0 Å². The number of hydrogen-bond acceptors (Lipinski definition) is 21. The molecule has 3 aromatic carbocycles. The molecule has 0 bridgehead atoms. The maximum absolute atomic E-state index is 14.3. The van der Waals surface area contributed by atoms with Crippen molar-refractivity contribution in [2.45, 2.75) is 49.6 Å². The number of aliphatic hydroxyl groups excluding tert-OH is 1. The largest absolute Gasteiger partial charge is 0.370 e. The second-order valence-corrected chi connectivity index (χ2v) is 14.8. The fourth-order valence-electron chi connectivity index (χ4n) is 6.22. The normalized spacial score (nSPS) is 13.4. The van der Waals surface area contributed by atoms with Gasteiger partial charge in [0.15, 0.2) is 35.5 Å². The summed E-state index contributed by atoms with van der Waals surface area (Å²) < 4.78 is 4.73. The predicted molar refractivity (Wildman–Crippen MR) is 257 cm³/mol. The maximum Gasteiger partial charge on any atom is 0.300 e. The Morgan fingerprint density at radius 2 is 0.987 bits per heavy atom. The Labute approximate surface area is 418 Å². The third kappa shape index (κ3) is 15.5. The summed E-state index contributed by atoms with van der Waals surface area (Å²) in [6, 6.07) is 12.3. The number of nitro benzene ring substituents is 2. The van der Waals surface area contributed by atoms with Crippen molar-refractivity contribution in [2.24, 2.45) is 77.3 Å². The number of guanidine groups is 4. The van der Waals surface area contributed by atoms with E-state index in [0.29, 0.717) is 0 Å². The number of amides is 7. The fraction of sp³-hybridized carbons (Fsp3) is 0.216. The number of nitrogens with one attached hydrogen (secondary N) is 6. The average molecular weight is 1050 g/mol. The van der Waals surface area contributed by atoms with Crippen molar-refractivity contribution < 1.29 is 53.1 Å². The highest BCUT2D eigenvalue weighted by Gasteiger charge is 2.37. The Balaban J connectivity index is 1.67. The highest BCUT2D eigenvalue weighted by atomic mass is 16.6. The van der Waals surface area contributed by atoms with Gasteiger partial charge in [0.2, 0.25) is 42.3 Å². The first-order chi connectivity index (χ1) is 35.3. The number of aliphatic imine (C=N–C) groups is 4. The molecule has 398 valence electrons. The van der Waals surface area contributed by atoms with E-state index in [9.17, 15) is 58.9 Å². The van der Waals surface area contributed by atoms with E-state index in [0.717, 1.165) is 23.1 Å². The number of rotatable bonds is 24. The molecule has 1 heterocycles. The van der Waals surface area contributed by atoms with Crippen molar-refractivity contribution in [3.05, 3.63) is 98.1 Å². The quantitative estimate of drug-likeness (QED) is 0.0102. The number of aromatic nitrogens is 2. The Kier molecular flexibility index (Phi) is 19.0. The summed E-state index contributed by atoms with van der Waals surface area (Å²) in [5.41, 5.74) is 52.0. The van der Waals surface area contributed by atoms with Gasteiger partial charge in [0.05, 0.1) is 22.1 Å². The molecule has 75 heavy (non-hydrogen) atoms. The van der Waals surface area contributed by atoms with Gasteiger partial charge in [-0.25, -0.2) is 24.6 Å². The molecule has 7 atom stereocenters. The number of anilines is 1. The van der Waals surface area contributed by atoms with Crippen LogP contribution in [0.5, 0.6) is 0 Å². The summed E-state index contributed by atoms with van der Waals surface area (Å²) in [7, 11) is 0. The Hall–Kier alpha value is -11.1. The number of carbonyl (C=O) groups excluding carboxylic acids is 7. The molecular weight excluding hydrogens is 1000 g/mol. The molecule has 0 saturated carbocycles. The monoisotopic (exact) mass is 1050 g/mol. The van der Waals surface area contributed by atoms with E-state index < -0.39 is 142 Å². The van der Waals surface area contributed by atoms with Gasteiger partial charge >= 0.3 is 5.69 Å². The molecule has 7 unspecified atom stereocenters. The number of non-ortho nitro benzene ring substituents is 1. The van der Waals surface area contributed by atoms with Crippen molar-refractivity contribution in [3.63, 3.8) is 0 Å². The minimum atomic E-state index is -2.43. The molecule has 0 aliphatic carbocycles. The van der Waals surface area contributed by atoms with Crippen LogP contribution in [0.1, 0.15) is 17.2 Å². The first kappa shape index (κ1) is 56.5. The van der Waals surface area contributed by atoms with Crippen LogP contribution in [0.4, 0.5) is 17.1 Å². The third-order valence-electron chi connectivity index (χ3n) is 9.45. The van der Waals surface area contributed by atoms with Crippen molar-refractivity contribution in [2.75, 3.05) is 4.90 Å². The second-order valence-electron chi connectivity index (χ2n) is 14.8. The fourth-order valence-corrected chi connectivity index (χ4v) is 6.22. The van der Waals surface area contributed by atoms with Crippen molar-refractivity contribution in [1.82, 2.24) is 42.2 Å². The summed E-state index contributed by atoms with van der Waals surface area (Å²) >= 11 is 0. The average Bonchev–Trinajstić information content (AvgIpc) is 3.83. The van der Waals surface area contributed by atoms with E-state index in [1.165, 1.54) is 48.5 Å². The van der Waals surface area contributed by atoms with Gasteiger partial charge in [0.1, 0.15) is 6.04 Å². The smallest absolute Gasteiger partial charge is 0.300 e. The van der Waals surface area contributed by atoms with E-state index in [2.05, 4.69) is 40.9 Å². The minimum absolute atomic E-state index is 0.0276. The van der Waals surface area contributed by atoms with Crippen LogP contribution in [0.25, 0.3) is 11.0 Å². The molecule has 1 aromatic heterocycles. The lowest BCUT2D eigenvalue weighted by Crippen LogP contribution is -2.60. The summed E-state index contributed by atoms with van der Waals surface area (Å²) in [4.78, 5) is 131. The third-order valence-corrected chi connectivity index (χ3v) is 9.45. The van der Waals surface area contributed by atoms with Crippen LogP contribution in [0.2, 0.25) is 0 Å². The number of benzene rings is 3. The lowest BCUT2D eigenvalue weighted by molar-refractivity contribution is -0.385. The van der Waals surface area contributed by atoms with E-state index >= 15 is 0 Å². The SMILES string of the molecule is NC(=O)C(N)NC(=O)C(N=C(N)N)NC(=O)C(N=C(N)N)NC(=O)C(N=C(N)N)NC(=O)C(N=C(N)N)NC(=O)C(NC(=O)C(O)N(Cc1ccccc1[N+](=O)[O-])c1ccc([N+](=O)[O-])c2nonc12)c1ccccc1. The summed E-state index contributed by atoms with van der Waals surface area (Å²) in [6.45, 7) is -0.661. The van der Waals surface area contributed by atoms with Crippen LogP contribution in [-0.2, 0) is 40.1 Å². The second kappa shape index (κ2) is 25.2. The van der Waals surface area contributed by atoms with Crippen molar-refractivity contribution >= 4 is 93.3 Å². The minimum Gasteiger partial charge on any atom is -0.370 e. The molecule has 38 nitrogen and oxygen atoms in total. The molecule has 38 heteroatoms. The van der Waals surface area contributed by atoms with Crippen LogP contribution in [0, 0.1) is 20.2 Å². The van der Waals surface area contributed by atoms with Gasteiger partial charge in [0, 0.05) is 17.7 Å². The highest BCUT2D eigenvalue weighted by molar-refractivity contribution is 6.00. The Bertz CT molecular complexity index is 2950. The number of primary amides is 1. The highest BCUT2D eigenvalue weighted by Crippen LogP contribution is 2.34. The van der Waals surface area contributed by atoms with Gasteiger partial charge in [-0.2, -0.15) is 0 Å². The maximum atomic E-state index is 14.3. The van der Waals surface area contributed by atoms with Crippen LogP contribution in [0.3, 0.4) is 0 Å². The van der Waals surface area contributed by atoms with Gasteiger partial charge in [0.25, 0.3) is 41.1 Å². The van der Waals surface area contributed by atoms with Crippen LogP contribution < -0.4 is 94.1 Å². The Morgan fingerprint density at radius 3 is 1.44 bits per heavy atom. The lowest BCUT2D eigenvalue weighted by atomic mass is 10.1. The summed E-state index contributed by atoms with van der Waals surface area (Å²) in [6.07, 6.45) is -13.1. The number of nitro groups is 2. The van der Waals surface area contributed by atoms with Gasteiger partial charge in [-0.1, -0.05) is 48.5 Å². The van der Waals surface area contributed by atoms with Crippen LogP contribution >= 0.6 is 0 Å². The molecule has 0 aliphatic heterocycles. The van der Waals surface area contributed by atoms with Gasteiger partial charge < -0.3 is 99.2 Å². The molecule has 0 saturated heterocycles. The van der Waals surface area contributed by atoms with E-state index in [-0.39, 0.29) is 22.3 Å². The summed E-state index contributed by atoms with van der Waals surface area (Å²) in [5.74, 6) is -13.1. The van der Waals surface area contributed by atoms with Crippen molar-refractivity contribution in [3.8, 4) is 0 Å². The topological polar surface area (TPSA) is 650 Å². The van der Waals surface area contributed by atoms with E-state index in [1.54, 1.807) is 0 Å². The number of nitrogens with two attached hydrogens (primary N) is 10. The zero-order valence-corrected chi connectivity index (χ0v) is 38.2. The standard InChI is InChI=1S/C37H47N25O13/c38-21(22(39)63)49-28(65)23(54-34(40)41)51-30(67)25(56-36(44)45)53-31(68)26(57-37(46)47)52-29(66)24(55-35(42)43)50-27(64)18(13-6-2-1-3-7-13)48-32(69)33(70)60(12-14-8-4-5-9-15(14)61(71)72)16-10-11-17(62(73)74)20-19(16)58-75-59-20/h1-11,18,21,23-26,33,70H,12,38H2,(H2,39,63)(H,48,69)(H,49,65)(H,50,64)(H,51,67)(H,52,66)(H,53,68)(H4,40,41,54)(H4,42,43,55)(H4,44,45,56)(H4,46,47,57). The van der Waals surface area contributed by atoms with E-state index in [4.69, 9.17) is 62.0 Å². The van der Waals surface area contributed by atoms with Crippen LogP contribution in [0.15, 0.2) is 91.3 Å². The zero-order chi connectivity index (χ0) is 55.8. The molecule has 27 N–H and O–H groups in total. The molecule has 4 aromatic rings. The number of para-hydroxylation sites is 1. The molecule has 0 radical (unpaired) electrons. The zero-order valence-electron chi connectivity index (χ0n) is 38.2. The lowest BCUT2D eigenvalue weighted by Gasteiger charge is -2.30. The molecule has 4 rings (SSSR count). The molecule has 0 fully saturated rings. The first-order valence-electron chi connectivity index (χ1n) is 20.6. The molecular formula is C37H47N25O13. The number of hydrogen-bond donors (Lipinski definition) is 17. The number of fused-ring (bicyclic) bond motifs is 1. The first-order valence-corrected chi connectivity index (χ1v) is 20.6. The van der Waals surface area contributed by atoms with Crippen LogP contribution in [-0.4, -0.2) is 128 Å². The van der Waals surface area contributed by atoms with Gasteiger partial charge in [-0.3, -0.25) is 53.8 Å². The van der Waals surface area contributed by atoms with Gasteiger partial charge in [-0.15, -0.1) is 0 Å². The van der Waals surface area contributed by atoms with E-state index in [1.807, 2.05) is 21.3 Å². The molecule has 0 aliphatic rings. The summed E-state index contributed by atoms with van der Waals surface area (Å²) in [5, 5.41) is 55.1.